The van der Waals surface area contributed by atoms with Gasteiger partial charge in [-0.15, -0.1) is 0 Å². The number of amidine groups is 1. The van der Waals surface area contributed by atoms with E-state index in [9.17, 15) is 9.90 Å². The number of nitrogen functional groups attached to an aromatic ring is 1. The number of aliphatic imine (C=N–C) groups is 1. The largest absolute Gasteiger partial charge is 0.465 e. The van der Waals surface area contributed by atoms with Crippen LogP contribution in [0.4, 0.5) is 14.9 Å². The maximum Gasteiger partial charge on any atom is 0.413 e. The summed E-state index contributed by atoms with van der Waals surface area (Å²) in [5.74, 6) is 0.335. The molecule has 8 heteroatoms. The normalized spacial score (nSPS) is 26.2. The van der Waals surface area contributed by atoms with Crippen LogP contribution in [0.1, 0.15) is 58.9 Å². The van der Waals surface area contributed by atoms with Crippen LogP contribution in [0.3, 0.4) is 0 Å². The third-order valence-electron chi connectivity index (χ3n) is 5.83. The van der Waals surface area contributed by atoms with Gasteiger partial charge in [0.25, 0.3) is 0 Å². The van der Waals surface area contributed by atoms with E-state index in [2.05, 4.69) is 6.92 Å². The number of benzene rings is 1. The molecule has 166 valence electrons. The second-order valence-corrected chi connectivity index (χ2v) is 10.1. The molecule has 1 heterocycles. The molecule has 3 N–H and O–H groups in total. The van der Waals surface area contributed by atoms with Gasteiger partial charge in [0.05, 0.1) is 11.6 Å². The minimum Gasteiger partial charge on any atom is -0.465 e. The second-order valence-electron chi connectivity index (χ2n) is 9.14. The van der Waals surface area contributed by atoms with Crippen molar-refractivity contribution < 1.29 is 19.0 Å². The van der Waals surface area contributed by atoms with E-state index in [1.54, 1.807) is 6.07 Å². The summed E-state index contributed by atoms with van der Waals surface area (Å²) in [4.78, 5) is 18.3. The van der Waals surface area contributed by atoms with Crippen LogP contribution in [0.15, 0.2) is 23.2 Å². The van der Waals surface area contributed by atoms with Gasteiger partial charge in [0, 0.05) is 41.5 Å². The lowest BCUT2D eigenvalue weighted by Gasteiger charge is -2.41. The summed E-state index contributed by atoms with van der Waals surface area (Å²) in [6.07, 6.45) is 2.19. The van der Waals surface area contributed by atoms with E-state index in [1.165, 1.54) is 28.8 Å². The number of carboxylic acid groups (broad SMARTS) is 1. The van der Waals surface area contributed by atoms with Crippen LogP contribution < -0.4 is 5.73 Å². The van der Waals surface area contributed by atoms with Gasteiger partial charge in [-0.05, 0) is 51.8 Å². The maximum atomic E-state index is 15.0. The summed E-state index contributed by atoms with van der Waals surface area (Å²) in [5, 5.41) is 10.3. The minimum absolute atomic E-state index is 0.0426. The van der Waals surface area contributed by atoms with E-state index in [4.69, 9.17) is 15.5 Å². The molecule has 2 aliphatic rings. The molecule has 6 nitrogen and oxygen atoms in total. The fourth-order valence-corrected chi connectivity index (χ4v) is 5.86. The molecule has 0 spiro atoms. The highest BCUT2D eigenvalue weighted by Gasteiger charge is 2.53. The van der Waals surface area contributed by atoms with Crippen LogP contribution in [0.2, 0.25) is 0 Å². The maximum absolute atomic E-state index is 15.0. The SMILES string of the molecule is CCCCO[C@@H]1C[C@H]2CSC(N(C(=O)O)C(C)(C)C)=N[C@@]2(c2cc(N)ccc2F)C1. The molecule has 1 amide bonds. The fourth-order valence-electron chi connectivity index (χ4n) is 4.39. The summed E-state index contributed by atoms with van der Waals surface area (Å²) in [6.45, 7) is 8.26. The van der Waals surface area contributed by atoms with E-state index < -0.39 is 17.2 Å². The molecule has 0 aromatic heterocycles. The number of amides is 1. The summed E-state index contributed by atoms with van der Waals surface area (Å²) >= 11 is 1.42. The van der Waals surface area contributed by atoms with Gasteiger partial charge in [-0.2, -0.15) is 0 Å². The first-order chi connectivity index (χ1) is 14.1. The molecule has 0 bridgehead atoms. The number of fused-ring (bicyclic) bond motifs is 1. The van der Waals surface area contributed by atoms with Gasteiger partial charge in [0.15, 0.2) is 5.17 Å². The number of hydrogen-bond donors (Lipinski definition) is 2. The lowest BCUT2D eigenvalue weighted by atomic mass is 9.81. The van der Waals surface area contributed by atoms with Gasteiger partial charge < -0.3 is 15.6 Å². The quantitative estimate of drug-likeness (QED) is 0.495. The molecular weight excluding hydrogens is 405 g/mol. The lowest BCUT2D eigenvalue weighted by molar-refractivity contribution is 0.0513. The van der Waals surface area contributed by atoms with Crippen molar-refractivity contribution >= 4 is 28.7 Å². The van der Waals surface area contributed by atoms with Crippen molar-refractivity contribution in [1.82, 2.24) is 4.90 Å². The third kappa shape index (κ3) is 4.44. The van der Waals surface area contributed by atoms with Crippen molar-refractivity contribution in [2.75, 3.05) is 18.1 Å². The first kappa shape index (κ1) is 22.9. The van der Waals surface area contributed by atoms with Crippen LogP contribution in [-0.4, -0.2) is 45.3 Å². The summed E-state index contributed by atoms with van der Waals surface area (Å²) < 4.78 is 21.1. The Morgan fingerprint density at radius 3 is 2.83 bits per heavy atom. The molecule has 3 atom stereocenters. The number of nitrogens with two attached hydrogens (primary N) is 1. The highest BCUT2D eigenvalue weighted by atomic mass is 32.2. The molecular formula is C22H32FN3O3S. The van der Waals surface area contributed by atoms with E-state index in [0.29, 0.717) is 35.2 Å². The zero-order valence-electron chi connectivity index (χ0n) is 18.2. The van der Waals surface area contributed by atoms with Crippen molar-refractivity contribution in [3.63, 3.8) is 0 Å². The predicted molar refractivity (Wildman–Crippen MR) is 119 cm³/mol. The van der Waals surface area contributed by atoms with E-state index in [1.807, 2.05) is 20.8 Å². The first-order valence-corrected chi connectivity index (χ1v) is 11.5. The topological polar surface area (TPSA) is 88.1 Å². The van der Waals surface area contributed by atoms with Crippen molar-refractivity contribution in [2.45, 2.75) is 70.6 Å². The summed E-state index contributed by atoms with van der Waals surface area (Å²) in [6, 6.07) is 4.56. The van der Waals surface area contributed by atoms with Crippen molar-refractivity contribution in [3.05, 3.63) is 29.6 Å². The Hall–Kier alpha value is -1.80. The van der Waals surface area contributed by atoms with Gasteiger partial charge in [-0.3, -0.25) is 4.90 Å². The minimum atomic E-state index is -1.07. The van der Waals surface area contributed by atoms with Crippen LogP contribution in [0.25, 0.3) is 0 Å². The zero-order valence-corrected chi connectivity index (χ0v) is 19.0. The monoisotopic (exact) mass is 437 g/mol. The Balaban J connectivity index is 2.08. The number of rotatable bonds is 5. The Kier molecular flexibility index (Phi) is 6.67. The number of thioether (sulfide) groups is 1. The number of nitrogens with zero attached hydrogens (tertiary/aromatic N) is 2. The standard InChI is InChI=1S/C22H32FN3O3S/c1-5-6-9-29-16-10-14-13-30-19(26(20(27)28)21(2,3)4)25-22(14,12-16)17-11-15(24)7-8-18(17)23/h7-8,11,14,16H,5-6,9-10,12-13,24H2,1-4H3,(H,27,28)/t14-,16+,22-/m0/s1. The Labute approximate surface area is 182 Å². The number of unbranched alkanes of at least 4 members (excludes halogenated alkanes) is 1. The first-order valence-electron chi connectivity index (χ1n) is 10.5. The predicted octanol–water partition coefficient (Wildman–Crippen LogP) is 5.08. The molecule has 0 radical (unpaired) electrons. The second kappa shape index (κ2) is 8.75. The van der Waals surface area contributed by atoms with Crippen molar-refractivity contribution in [2.24, 2.45) is 10.9 Å². The lowest BCUT2D eigenvalue weighted by Crippen LogP contribution is -2.50. The average Bonchev–Trinajstić information content (AvgIpc) is 3.01. The van der Waals surface area contributed by atoms with E-state index in [-0.39, 0.29) is 17.8 Å². The number of anilines is 1. The van der Waals surface area contributed by atoms with Crippen LogP contribution >= 0.6 is 11.8 Å². The third-order valence-corrected chi connectivity index (χ3v) is 6.93. The van der Waals surface area contributed by atoms with Gasteiger partial charge >= 0.3 is 6.09 Å². The van der Waals surface area contributed by atoms with E-state index in [0.717, 1.165) is 19.3 Å². The van der Waals surface area contributed by atoms with Gasteiger partial charge in [-0.25, -0.2) is 14.2 Å². The molecule has 0 saturated heterocycles. The molecule has 30 heavy (non-hydrogen) atoms. The summed E-state index contributed by atoms with van der Waals surface area (Å²) in [7, 11) is 0. The molecule has 1 aromatic carbocycles. The molecule has 1 aromatic rings. The zero-order chi connectivity index (χ0) is 22.1. The highest BCUT2D eigenvalue weighted by Crippen LogP contribution is 2.53. The smallest absolute Gasteiger partial charge is 0.413 e. The molecule has 3 rings (SSSR count). The molecule has 1 aliphatic carbocycles. The number of hydrogen-bond acceptors (Lipinski definition) is 5. The van der Waals surface area contributed by atoms with Gasteiger partial charge in [0.1, 0.15) is 5.82 Å². The molecule has 1 saturated carbocycles. The van der Waals surface area contributed by atoms with Crippen LogP contribution in [0, 0.1) is 11.7 Å². The molecule has 0 unspecified atom stereocenters. The van der Waals surface area contributed by atoms with Gasteiger partial charge in [-0.1, -0.05) is 25.1 Å². The Morgan fingerprint density at radius 2 is 2.20 bits per heavy atom. The van der Waals surface area contributed by atoms with Gasteiger partial charge in [0.2, 0.25) is 0 Å². The summed E-state index contributed by atoms with van der Waals surface area (Å²) in [5.41, 5.74) is 5.36. The number of ether oxygens (including phenoxy) is 1. The van der Waals surface area contributed by atoms with Crippen molar-refractivity contribution in [3.8, 4) is 0 Å². The van der Waals surface area contributed by atoms with Crippen LogP contribution in [-0.2, 0) is 10.3 Å². The van der Waals surface area contributed by atoms with Crippen molar-refractivity contribution in [1.29, 1.82) is 0 Å². The highest BCUT2D eigenvalue weighted by molar-refractivity contribution is 8.13. The van der Waals surface area contributed by atoms with Crippen LogP contribution in [0.5, 0.6) is 0 Å². The average molecular weight is 438 g/mol. The Bertz CT molecular complexity index is 826. The number of halogens is 1. The van der Waals surface area contributed by atoms with E-state index >= 15 is 4.39 Å². The fraction of sp³-hybridized carbons (Fsp3) is 0.636. The Morgan fingerprint density at radius 1 is 1.47 bits per heavy atom. The number of carbonyl (C=O) groups is 1. The molecule has 1 fully saturated rings. The molecule has 1 aliphatic heterocycles.